The van der Waals surface area contributed by atoms with Gasteiger partial charge in [-0.2, -0.15) is 5.10 Å². The lowest BCUT2D eigenvalue weighted by Crippen LogP contribution is -2.15. The molecule has 146 valence electrons. The van der Waals surface area contributed by atoms with Crippen LogP contribution in [-0.4, -0.2) is 42.5 Å². The first-order valence-corrected chi connectivity index (χ1v) is 8.62. The van der Waals surface area contributed by atoms with Gasteiger partial charge in [-0.25, -0.2) is 14.3 Å². The van der Waals surface area contributed by atoms with E-state index >= 15 is 0 Å². The fourth-order valence-electron chi connectivity index (χ4n) is 2.79. The molecule has 0 bridgehead atoms. The number of hydrogen-bond acceptors (Lipinski definition) is 6. The van der Waals surface area contributed by atoms with Crippen molar-refractivity contribution in [1.82, 2.24) is 9.78 Å². The average molecular weight is 390 g/mol. The summed E-state index contributed by atoms with van der Waals surface area (Å²) in [5.41, 5.74) is 1.47. The van der Waals surface area contributed by atoms with Gasteiger partial charge in [0.25, 0.3) is 0 Å². The Labute approximate surface area is 167 Å². The molecular weight excluding hydrogens is 372 g/mol. The Hall–Kier alpha value is -4.05. The van der Waals surface area contributed by atoms with Gasteiger partial charge in [-0.3, -0.25) is 0 Å². The monoisotopic (exact) mass is 390 g/mol. The van der Waals surface area contributed by atoms with Crippen LogP contribution in [0.1, 0.15) is 20.8 Å². The number of para-hydroxylation sites is 1. The Balaban J connectivity index is 2.21. The van der Waals surface area contributed by atoms with Crippen molar-refractivity contribution in [2.45, 2.75) is 0 Å². The molecule has 1 heterocycles. The quantitative estimate of drug-likeness (QED) is 0.475. The van der Waals surface area contributed by atoms with Crippen molar-refractivity contribution >= 4 is 11.9 Å². The minimum atomic E-state index is -0.707. The molecule has 0 aliphatic carbocycles. The van der Waals surface area contributed by atoms with Crippen LogP contribution < -0.4 is 4.74 Å². The number of methoxy groups -OCH3 is 2. The zero-order valence-electron chi connectivity index (χ0n) is 15.9. The van der Waals surface area contributed by atoms with E-state index in [1.807, 2.05) is 6.07 Å². The van der Waals surface area contributed by atoms with Crippen LogP contribution >= 0.6 is 0 Å². The molecule has 3 aromatic rings. The van der Waals surface area contributed by atoms with Crippen LogP contribution in [0.4, 0.5) is 0 Å². The molecule has 0 unspecified atom stereocenters. The molecule has 1 aromatic heterocycles. The standard InChI is InChI=1S/C22H18N2O5/c1-4-14-29-17-12-10-15(11-13-17)19-18(21(25)27-2)20(22(26)28-3)24(23-19)16-8-6-5-7-9-16/h1,5-13H,14H2,2-3H3. The number of ether oxygens (including phenoxy) is 3. The van der Waals surface area contributed by atoms with Gasteiger partial charge >= 0.3 is 11.9 Å². The summed E-state index contributed by atoms with van der Waals surface area (Å²) in [6, 6.07) is 15.8. The Morgan fingerprint density at radius 2 is 1.66 bits per heavy atom. The summed E-state index contributed by atoms with van der Waals surface area (Å²) in [5.74, 6) is 1.56. The van der Waals surface area contributed by atoms with E-state index in [0.29, 0.717) is 17.0 Å². The molecule has 0 saturated heterocycles. The van der Waals surface area contributed by atoms with E-state index in [1.165, 1.54) is 18.9 Å². The predicted octanol–water partition coefficient (Wildman–Crippen LogP) is 3.12. The second-order valence-corrected chi connectivity index (χ2v) is 5.82. The maximum atomic E-state index is 12.6. The number of aromatic nitrogens is 2. The summed E-state index contributed by atoms with van der Waals surface area (Å²) in [6.45, 7) is 0.141. The van der Waals surface area contributed by atoms with Crippen LogP contribution in [0, 0.1) is 12.3 Å². The number of esters is 2. The number of rotatable bonds is 6. The van der Waals surface area contributed by atoms with Crippen LogP contribution in [0.3, 0.4) is 0 Å². The van der Waals surface area contributed by atoms with Gasteiger partial charge in [0, 0.05) is 5.56 Å². The number of nitrogens with zero attached hydrogens (tertiary/aromatic N) is 2. The van der Waals surface area contributed by atoms with E-state index in [-0.39, 0.29) is 23.6 Å². The predicted molar refractivity (Wildman–Crippen MR) is 106 cm³/mol. The van der Waals surface area contributed by atoms with Crippen LogP contribution in [-0.2, 0) is 9.47 Å². The van der Waals surface area contributed by atoms with Crippen molar-refractivity contribution in [2.24, 2.45) is 0 Å². The van der Waals surface area contributed by atoms with Crippen molar-refractivity contribution < 1.29 is 23.8 Å². The lowest BCUT2D eigenvalue weighted by atomic mass is 10.1. The van der Waals surface area contributed by atoms with Gasteiger partial charge in [0.1, 0.15) is 23.6 Å². The van der Waals surface area contributed by atoms with Gasteiger partial charge < -0.3 is 14.2 Å². The van der Waals surface area contributed by atoms with Crippen LogP contribution in [0.5, 0.6) is 5.75 Å². The van der Waals surface area contributed by atoms with Crippen molar-refractivity contribution in [3.63, 3.8) is 0 Å². The molecule has 0 amide bonds. The van der Waals surface area contributed by atoms with E-state index in [0.717, 1.165) is 0 Å². The second kappa shape index (κ2) is 8.76. The van der Waals surface area contributed by atoms with Gasteiger partial charge in [-0.15, -0.1) is 6.42 Å². The summed E-state index contributed by atoms with van der Waals surface area (Å²) >= 11 is 0. The molecule has 7 nitrogen and oxygen atoms in total. The molecule has 0 saturated carbocycles. The van der Waals surface area contributed by atoms with E-state index in [1.54, 1.807) is 48.5 Å². The van der Waals surface area contributed by atoms with Crippen LogP contribution in [0.15, 0.2) is 54.6 Å². The zero-order chi connectivity index (χ0) is 20.8. The third-order valence-corrected chi connectivity index (χ3v) is 4.10. The summed E-state index contributed by atoms with van der Waals surface area (Å²) in [7, 11) is 2.48. The fraction of sp³-hybridized carbons (Fsp3) is 0.136. The molecule has 0 fully saturated rings. The normalized spacial score (nSPS) is 10.1. The Morgan fingerprint density at radius 3 is 2.24 bits per heavy atom. The molecule has 0 aliphatic heterocycles. The van der Waals surface area contributed by atoms with E-state index in [9.17, 15) is 9.59 Å². The number of benzene rings is 2. The average Bonchev–Trinajstić information content (AvgIpc) is 3.18. The van der Waals surface area contributed by atoms with E-state index in [2.05, 4.69) is 11.0 Å². The third-order valence-electron chi connectivity index (χ3n) is 4.10. The highest BCUT2D eigenvalue weighted by molar-refractivity contribution is 6.06. The first-order chi connectivity index (χ1) is 14.1. The lowest BCUT2D eigenvalue weighted by molar-refractivity contribution is 0.0549. The topological polar surface area (TPSA) is 79.7 Å². The highest BCUT2D eigenvalue weighted by Gasteiger charge is 2.31. The first-order valence-electron chi connectivity index (χ1n) is 8.62. The Bertz CT molecular complexity index is 1060. The Kier molecular flexibility index (Phi) is 5.95. The van der Waals surface area contributed by atoms with Crippen LogP contribution in [0.25, 0.3) is 16.9 Å². The highest BCUT2D eigenvalue weighted by Crippen LogP contribution is 2.30. The molecule has 7 heteroatoms. The number of terminal acetylenes is 1. The first kappa shape index (κ1) is 19.7. The van der Waals surface area contributed by atoms with Crippen molar-refractivity contribution in [2.75, 3.05) is 20.8 Å². The van der Waals surface area contributed by atoms with Gasteiger partial charge in [0.2, 0.25) is 0 Å². The molecule has 0 atom stereocenters. The summed E-state index contributed by atoms with van der Waals surface area (Å²) in [6.07, 6.45) is 5.20. The third kappa shape index (κ3) is 3.96. The molecular formula is C22H18N2O5. The molecule has 0 aliphatic rings. The lowest BCUT2D eigenvalue weighted by Gasteiger charge is -2.07. The maximum absolute atomic E-state index is 12.6. The van der Waals surface area contributed by atoms with Gasteiger partial charge in [0.05, 0.1) is 19.9 Å². The van der Waals surface area contributed by atoms with Crippen molar-refractivity contribution in [3.05, 3.63) is 65.9 Å². The molecule has 0 N–H and O–H groups in total. The fourth-order valence-corrected chi connectivity index (χ4v) is 2.79. The van der Waals surface area contributed by atoms with Crippen molar-refractivity contribution in [1.29, 1.82) is 0 Å². The van der Waals surface area contributed by atoms with E-state index in [4.69, 9.17) is 20.6 Å². The molecule has 2 aromatic carbocycles. The summed E-state index contributed by atoms with van der Waals surface area (Å²) in [4.78, 5) is 25.1. The SMILES string of the molecule is C#CCOc1ccc(-c2nn(-c3ccccc3)c(C(=O)OC)c2C(=O)OC)cc1. The minimum Gasteiger partial charge on any atom is -0.481 e. The molecule has 3 rings (SSSR count). The smallest absolute Gasteiger partial charge is 0.357 e. The second-order valence-electron chi connectivity index (χ2n) is 5.82. The highest BCUT2D eigenvalue weighted by atomic mass is 16.5. The van der Waals surface area contributed by atoms with Gasteiger partial charge in [-0.1, -0.05) is 24.1 Å². The molecule has 29 heavy (non-hydrogen) atoms. The maximum Gasteiger partial charge on any atom is 0.357 e. The van der Waals surface area contributed by atoms with E-state index < -0.39 is 11.9 Å². The summed E-state index contributed by atoms with van der Waals surface area (Å²) < 4.78 is 16.6. The van der Waals surface area contributed by atoms with Crippen LogP contribution in [0.2, 0.25) is 0 Å². The number of hydrogen-bond donors (Lipinski definition) is 0. The number of carbonyl (C=O) groups excluding carboxylic acids is 2. The largest absolute Gasteiger partial charge is 0.481 e. The molecule has 0 radical (unpaired) electrons. The van der Waals surface area contributed by atoms with Crippen molar-refractivity contribution in [3.8, 4) is 35.0 Å². The van der Waals surface area contributed by atoms with Gasteiger partial charge in [-0.05, 0) is 36.4 Å². The zero-order valence-corrected chi connectivity index (χ0v) is 15.9. The molecule has 0 spiro atoms. The minimum absolute atomic E-state index is 0.0143. The Morgan fingerprint density at radius 1 is 1.00 bits per heavy atom. The number of carbonyl (C=O) groups is 2. The van der Waals surface area contributed by atoms with Gasteiger partial charge in [0.15, 0.2) is 5.69 Å². The summed E-state index contributed by atoms with van der Waals surface area (Å²) in [5, 5.41) is 4.52.